The molecule has 2 aromatic heterocycles. The van der Waals surface area contributed by atoms with E-state index in [1.165, 1.54) is 21.9 Å². The third-order valence-corrected chi connectivity index (χ3v) is 5.72. The first-order valence-corrected chi connectivity index (χ1v) is 11.0. The quantitative estimate of drug-likeness (QED) is 0.358. The lowest BCUT2D eigenvalue weighted by atomic mass is 10.1. The van der Waals surface area contributed by atoms with Crippen molar-refractivity contribution < 1.29 is 4.79 Å². The predicted octanol–water partition coefficient (Wildman–Crippen LogP) is 3.54. The molecule has 0 atom stereocenters. The Morgan fingerprint density at radius 1 is 1.06 bits per heavy atom. The fraction of sp³-hybridized carbons (Fsp3) is 0.167. The average molecular weight is 431 g/mol. The zero-order chi connectivity index (χ0) is 21.6. The predicted molar refractivity (Wildman–Crippen MR) is 124 cm³/mol. The van der Waals surface area contributed by atoms with Crippen LogP contribution >= 0.6 is 11.8 Å². The summed E-state index contributed by atoms with van der Waals surface area (Å²) in [5, 5.41) is 3.89. The van der Waals surface area contributed by atoms with Crippen molar-refractivity contribution in [2.75, 3.05) is 12.3 Å². The van der Waals surface area contributed by atoms with E-state index in [0.717, 1.165) is 12.0 Å². The summed E-state index contributed by atoms with van der Waals surface area (Å²) in [6, 6.07) is 20.9. The maximum absolute atomic E-state index is 13.2. The fourth-order valence-corrected chi connectivity index (χ4v) is 4.06. The van der Waals surface area contributed by atoms with Gasteiger partial charge in [-0.05, 0) is 48.7 Å². The number of nitrogens with one attached hydrogen (secondary N) is 1. The molecule has 0 saturated carbocycles. The second kappa shape index (κ2) is 9.57. The van der Waals surface area contributed by atoms with E-state index in [2.05, 4.69) is 15.3 Å². The first kappa shape index (κ1) is 20.8. The number of fused-ring (bicyclic) bond motifs is 1. The van der Waals surface area contributed by atoms with Gasteiger partial charge in [0.25, 0.3) is 5.56 Å². The molecular formula is C24H22N4O2S. The molecule has 0 bridgehead atoms. The average Bonchev–Trinajstić information content (AvgIpc) is 2.78. The Bertz CT molecular complexity index is 1270. The van der Waals surface area contributed by atoms with Crippen molar-refractivity contribution in [3.63, 3.8) is 0 Å². The Labute approximate surface area is 184 Å². The molecule has 0 aliphatic rings. The molecule has 0 spiro atoms. The number of hydrogen-bond donors (Lipinski definition) is 1. The number of amides is 1. The van der Waals surface area contributed by atoms with Gasteiger partial charge in [-0.25, -0.2) is 14.5 Å². The molecule has 2 heterocycles. The van der Waals surface area contributed by atoms with Gasteiger partial charge in [-0.15, -0.1) is 0 Å². The molecule has 0 radical (unpaired) electrons. The van der Waals surface area contributed by atoms with Crippen molar-refractivity contribution in [2.45, 2.75) is 18.5 Å². The fourth-order valence-electron chi connectivity index (χ4n) is 3.23. The normalized spacial score (nSPS) is 10.9. The summed E-state index contributed by atoms with van der Waals surface area (Å²) < 4.78 is 1.48. The molecule has 0 aliphatic heterocycles. The monoisotopic (exact) mass is 430 g/mol. The Morgan fingerprint density at radius 3 is 2.65 bits per heavy atom. The SMILES string of the molecule is Cc1ccnc(-n2c(SCC(=O)NCCc3ccccc3)nc3ccccc3c2=O)c1. The van der Waals surface area contributed by atoms with Crippen molar-refractivity contribution >= 4 is 28.6 Å². The van der Waals surface area contributed by atoms with Crippen molar-refractivity contribution in [3.05, 3.63) is 94.4 Å². The molecule has 1 N–H and O–H groups in total. The van der Waals surface area contributed by atoms with Gasteiger partial charge in [0.1, 0.15) is 5.82 Å². The topological polar surface area (TPSA) is 76.9 Å². The molecule has 156 valence electrons. The summed E-state index contributed by atoms with van der Waals surface area (Å²) >= 11 is 1.23. The Hall–Kier alpha value is -3.45. The highest BCUT2D eigenvalue weighted by molar-refractivity contribution is 7.99. The number of pyridine rings is 1. The lowest BCUT2D eigenvalue weighted by Crippen LogP contribution is -2.28. The van der Waals surface area contributed by atoms with Gasteiger partial charge in [0.2, 0.25) is 5.91 Å². The minimum Gasteiger partial charge on any atom is -0.355 e. The van der Waals surface area contributed by atoms with E-state index in [4.69, 9.17) is 0 Å². The van der Waals surface area contributed by atoms with Crippen LogP contribution < -0.4 is 10.9 Å². The van der Waals surface area contributed by atoms with E-state index in [1.54, 1.807) is 18.3 Å². The number of aryl methyl sites for hydroxylation is 1. The highest BCUT2D eigenvalue weighted by Gasteiger charge is 2.15. The van der Waals surface area contributed by atoms with Crippen molar-refractivity contribution in [1.82, 2.24) is 19.9 Å². The van der Waals surface area contributed by atoms with Crippen LogP contribution in [0.15, 0.2) is 82.9 Å². The molecule has 4 aromatic rings. The van der Waals surface area contributed by atoms with Gasteiger partial charge in [0.15, 0.2) is 5.16 Å². The molecule has 0 aliphatic carbocycles. The van der Waals surface area contributed by atoms with Crippen LogP contribution in [0.3, 0.4) is 0 Å². The molecule has 4 rings (SSSR count). The van der Waals surface area contributed by atoms with Crippen molar-refractivity contribution in [3.8, 4) is 5.82 Å². The molecule has 31 heavy (non-hydrogen) atoms. The first-order valence-electron chi connectivity index (χ1n) is 10.00. The molecule has 0 unspecified atom stereocenters. The number of nitrogens with zero attached hydrogens (tertiary/aromatic N) is 3. The van der Waals surface area contributed by atoms with Crippen LogP contribution in [0.4, 0.5) is 0 Å². The highest BCUT2D eigenvalue weighted by Crippen LogP contribution is 2.20. The third-order valence-electron chi connectivity index (χ3n) is 4.79. The van der Waals surface area contributed by atoms with Crippen LogP contribution in [0.1, 0.15) is 11.1 Å². The number of carbonyl (C=O) groups is 1. The Kier molecular flexibility index (Phi) is 6.43. The largest absolute Gasteiger partial charge is 0.355 e. The van der Waals surface area contributed by atoms with Gasteiger partial charge in [-0.1, -0.05) is 54.2 Å². The number of carbonyl (C=O) groups excluding carboxylic acids is 1. The minimum atomic E-state index is -0.198. The molecule has 7 heteroatoms. The summed E-state index contributed by atoms with van der Waals surface area (Å²) in [7, 11) is 0. The summed E-state index contributed by atoms with van der Waals surface area (Å²) in [6.07, 6.45) is 2.43. The van der Waals surface area contributed by atoms with Gasteiger partial charge < -0.3 is 5.32 Å². The summed E-state index contributed by atoms with van der Waals surface area (Å²) in [5.41, 5.74) is 2.56. The summed E-state index contributed by atoms with van der Waals surface area (Å²) in [4.78, 5) is 34.6. The second-order valence-corrected chi connectivity index (χ2v) is 8.06. The zero-order valence-electron chi connectivity index (χ0n) is 17.1. The van der Waals surface area contributed by atoms with E-state index in [-0.39, 0.29) is 17.2 Å². The van der Waals surface area contributed by atoms with Crippen molar-refractivity contribution in [2.24, 2.45) is 0 Å². The van der Waals surface area contributed by atoms with E-state index < -0.39 is 0 Å². The Morgan fingerprint density at radius 2 is 1.84 bits per heavy atom. The zero-order valence-corrected chi connectivity index (χ0v) is 17.9. The smallest absolute Gasteiger partial charge is 0.267 e. The number of benzene rings is 2. The molecule has 0 fully saturated rings. The molecule has 0 saturated heterocycles. The molecule has 1 amide bonds. The van der Waals surface area contributed by atoms with Crippen LogP contribution in [0.5, 0.6) is 0 Å². The van der Waals surface area contributed by atoms with Crippen LogP contribution in [0, 0.1) is 6.92 Å². The van der Waals surface area contributed by atoms with Crippen LogP contribution in [-0.2, 0) is 11.2 Å². The first-order chi connectivity index (χ1) is 15.1. The van der Waals surface area contributed by atoms with E-state index in [9.17, 15) is 9.59 Å². The summed E-state index contributed by atoms with van der Waals surface area (Å²) in [6.45, 7) is 2.50. The van der Waals surface area contributed by atoms with Gasteiger partial charge in [0.05, 0.1) is 16.7 Å². The van der Waals surface area contributed by atoms with Gasteiger partial charge in [-0.2, -0.15) is 0 Å². The minimum absolute atomic E-state index is 0.105. The summed E-state index contributed by atoms with van der Waals surface area (Å²) in [5.74, 6) is 0.549. The second-order valence-electron chi connectivity index (χ2n) is 7.12. The van der Waals surface area contributed by atoms with E-state index >= 15 is 0 Å². The van der Waals surface area contributed by atoms with Crippen LogP contribution in [0.25, 0.3) is 16.7 Å². The maximum atomic E-state index is 13.2. The molecule has 6 nitrogen and oxygen atoms in total. The number of thioether (sulfide) groups is 1. The lowest BCUT2D eigenvalue weighted by Gasteiger charge is -2.13. The van der Waals surface area contributed by atoms with E-state index in [0.29, 0.717) is 28.4 Å². The molecule has 2 aromatic carbocycles. The maximum Gasteiger partial charge on any atom is 0.267 e. The standard InChI is InChI=1S/C24H22N4O2S/c1-17-11-13-25-21(15-17)28-23(30)19-9-5-6-10-20(19)27-24(28)31-16-22(29)26-14-12-18-7-3-2-4-8-18/h2-11,13,15H,12,14,16H2,1H3,(H,26,29). The highest BCUT2D eigenvalue weighted by atomic mass is 32.2. The van der Waals surface area contributed by atoms with Gasteiger partial charge in [-0.3, -0.25) is 9.59 Å². The number of para-hydroxylation sites is 1. The number of aromatic nitrogens is 3. The lowest BCUT2D eigenvalue weighted by molar-refractivity contribution is -0.118. The number of rotatable bonds is 7. The van der Waals surface area contributed by atoms with Crippen molar-refractivity contribution in [1.29, 1.82) is 0 Å². The van der Waals surface area contributed by atoms with Crippen LogP contribution in [0.2, 0.25) is 0 Å². The van der Waals surface area contributed by atoms with E-state index in [1.807, 2.05) is 61.5 Å². The molecular weight excluding hydrogens is 408 g/mol. The Balaban J connectivity index is 1.54. The van der Waals surface area contributed by atoms with Crippen LogP contribution in [-0.4, -0.2) is 32.7 Å². The van der Waals surface area contributed by atoms with Gasteiger partial charge in [0, 0.05) is 12.7 Å². The number of hydrogen-bond acceptors (Lipinski definition) is 5. The third kappa shape index (κ3) is 5.00. The van der Waals surface area contributed by atoms with Gasteiger partial charge >= 0.3 is 0 Å².